The van der Waals surface area contributed by atoms with Crippen LogP contribution < -0.4 is 0 Å². The highest BCUT2D eigenvalue weighted by atomic mass is 79.9. The first kappa shape index (κ1) is 11.7. The van der Waals surface area contributed by atoms with Gasteiger partial charge >= 0.3 is 0 Å². The number of aldehydes is 1. The molecule has 0 aromatic rings. The Morgan fingerprint density at radius 3 is 2.42 bits per heavy atom. The molecule has 0 aliphatic rings. The van der Waals surface area contributed by atoms with Crippen molar-refractivity contribution in [3.05, 3.63) is 0 Å². The van der Waals surface area contributed by atoms with E-state index in [9.17, 15) is 4.79 Å². The molecule has 2 heteroatoms. The number of rotatable bonds is 6. The molecular weight excluding hydrogens is 216 g/mol. The number of unbranched alkanes of at least 4 members (excludes halogenated alkanes) is 5. The van der Waals surface area contributed by atoms with Crippen LogP contribution in [-0.2, 0) is 4.79 Å². The third kappa shape index (κ3) is 9.71. The van der Waals surface area contributed by atoms with Gasteiger partial charge in [0.25, 0.3) is 0 Å². The first-order chi connectivity index (χ1) is 5.91. The van der Waals surface area contributed by atoms with E-state index >= 15 is 0 Å². The normalized spacial score (nSPS) is 8.75. The van der Waals surface area contributed by atoms with Crippen molar-refractivity contribution in [1.29, 1.82) is 0 Å². The molecule has 0 N–H and O–H groups in total. The van der Waals surface area contributed by atoms with Crippen molar-refractivity contribution in [3.63, 3.8) is 0 Å². The van der Waals surface area contributed by atoms with Crippen molar-refractivity contribution < 1.29 is 4.79 Å². The largest absolute Gasteiger partial charge is 0.289 e. The Balaban J connectivity index is 2.95. The quantitative estimate of drug-likeness (QED) is 0.297. The lowest BCUT2D eigenvalue weighted by atomic mass is 10.1. The standard InChI is InChI=1S/C10H15BrO/c11-9-7-5-3-1-2-4-6-8-10-12/h10H,1-5,7,9H2. The zero-order chi connectivity index (χ0) is 9.07. The summed E-state index contributed by atoms with van der Waals surface area (Å²) < 4.78 is 0. The molecule has 0 saturated heterocycles. The molecule has 0 aromatic heterocycles. The van der Waals surface area contributed by atoms with Gasteiger partial charge in [-0.15, -0.1) is 0 Å². The first-order valence-corrected chi connectivity index (χ1v) is 5.52. The van der Waals surface area contributed by atoms with Crippen LogP contribution in [0.5, 0.6) is 0 Å². The van der Waals surface area contributed by atoms with E-state index in [1.807, 2.05) is 0 Å². The Morgan fingerprint density at radius 2 is 1.75 bits per heavy atom. The molecule has 0 unspecified atom stereocenters. The molecule has 0 aliphatic carbocycles. The lowest BCUT2D eigenvalue weighted by Crippen LogP contribution is -1.79. The van der Waals surface area contributed by atoms with Crippen LogP contribution in [0.4, 0.5) is 0 Å². The van der Waals surface area contributed by atoms with Crippen LogP contribution in [0.3, 0.4) is 0 Å². The number of halogens is 1. The summed E-state index contributed by atoms with van der Waals surface area (Å²) in [5.41, 5.74) is 0. The highest BCUT2D eigenvalue weighted by molar-refractivity contribution is 9.09. The Labute approximate surface area is 83.1 Å². The summed E-state index contributed by atoms with van der Waals surface area (Å²) in [6.07, 6.45) is 7.74. The second-order valence-electron chi connectivity index (χ2n) is 2.65. The average molecular weight is 231 g/mol. The highest BCUT2D eigenvalue weighted by Gasteiger charge is 1.87. The van der Waals surface area contributed by atoms with Gasteiger partial charge in [-0.2, -0.15) is 0 Å². The Morgan fingerprint density at radius 1 is 1.08 bits per heavy atom. The van der Waals surface area contributed by atoms with E-state index in [1.54, 1.807) is 0 Å². The maximum Gasteiger partial charge on any atom is 0.192 e. The van der Waals surface area contributed by atoms with Crippen molar-refractivity contribution in [2.75, 3.05) is 5.33 Å². The zero-order valence-corrected chi connectivity index (χ0v) is 8.90. The molecule has 1 nitrogen and oxygen atoms in total. The van der Waals surface area contributed by atoms with E-state index < -0.39 is 0 Å². The first-order valence-electron chi connectivity index (χ1n) is 4.40. The summed E-state index contributed by atoms with van der Waals surface area (Å²) in [5.74, 6) is 5.21. The van der Waals surface area contributed by atoms with Crippen LogP contribution in [0.15, 0.2) is 0 Å². The summed E-state index contributed by atoms with van der Waals surface area (Å²) in [6.45, 7) is 0. The summed E-state index contributed by atoms with van der Waals surface area (Å²) in [5, 5.41) is 1.11. The Bertz CT molecular complexity index is 155. The number of hydrogen-bond acceptors (Lipinski definition) is 1. The molecular formula is C10H15BrO. The summed E-state index contributed by atoms with van der Waals surface area (Å²) in [4.78, 5) is 9.80. The Kier molecular flexibility index (Phi) is 10.5. The minimum Gasteiger partial charge on any atom is -0.289 e. The number of hydrogen-bond donors (Lipinski definition) is 0. The van der Waals surface area contributed by atoms with E-state index in [0.29, 0.717) is 6.29 Å². The Hall–Kier alpha value is -0.290. The SMILES string of the molecule is O=CC#CCCCCCCCBr. The summed E-state index contributed by atoms with van der Waals surface area (Å²) in [6, 6.07) is 0. The van der Waals surface area contributed by atoms with Crippen LogP contribution in [0.1, 0.15) is 38.5 Å². The lowest BCUT2D eigenvalue weighted by molar-refractivity contribution is -0.103. The van der Waals surface area contributed by atoms with Gasteiger partial charge in [0.15, 0.2) is 6.29 Å². The molecule has 12 heavy (non-hydrogen) atoms. The van der Waals surface area contributed by atoms with Gasteiger partial charge in [-0.3, -0.25) is 4.79 Å². The van der Waals surface area contributed by atoms with Crippen molar-refractivity contribution in [3.8, 4) is 11.8 Å². The van der Waals surface area contributed by atoms with Crippen molar-refractivity contribution in [2.24, 2.45) is 0 Å². The van der Waals surface area contributed by atoms with Gasteiger partial charge in [0.1, 0.15) is 0 Å². The molecule has 0 spiro atoms. The van der Waals surface area contributed by atoms with E-state index in [4.69, 9.17) is 0 Å². The molecule has 0 atom stereocenters. The van der Waals surface area contributed by atoms with Gasteiger partial charge in [0.05, 0.1) is 0 Å². The summed E-state index contributed by atoms with van der Waals surface area (Å²) >= 11 is 3.39. The van der Waals surface area contributed by atoms with E-state index in [0.717, 1.165) is 18.2 Å². The zero-order valence-electron chi connectivity index (χ0n) is 7.31. The number of carbonyl (C=O) groups is 1. The van der Waals surface area contributed by atoms with Gasteiger partial charge in [-0.1, -0.05) is 41.1 Å². The second-order valence-corrected chi connectivity index (χ2v) is 3.44. The van der Waals surface area contributed by atoms with Crippen LogP contribution in [0, 0.1) is 11.8 Å². The third-order valence-electron chi connectivity index (χ3n) is 1.60. The molecule has 0 radical (unpaired) electrons. The van der Waals surface area contributed by atoms with E-state index in [-0.39, 0.29) is 0 Å². The molecule has 0 saturated carbocycles. The molecule has 0 fully saturated rings. The van der Waals surface area contributed by atoms with Crippen molar-refractivity contribution >= 4 is 22.2 Å². The molecule has 0 bridgehead atoms. The van der Waals surface area contributed by atoms with E-state index in [1.165, 1.54) is 25.7 Å². The molecule has 0 rings (SSSR count). The van der Waals surface area contributed by atoms with Gasteiger partial charge in [0, 0.05) is 11.8 Å². The fourth-order valence-corrected chi connectivity index (χ4v) is 1.35. The predicted molar refractivity (Wildman–Crippen MR) is 55.3 cm³/mol. The minimum atomic E-state index is 0.658. The second kappa shape index (κ2) is 10.7. The van der Waals surface area contributed by atoms with Crippen LogP contribution in [-0.4, -0.2) is 11.6 Å². The molecule has 0 aromatic carbocycles. The predicted octanol–water partition coefficient (Wildman–Crippen LogP) is 2.92. The maximum atomic E-state index is 9.80. The number of alkyl halides is 1. The van der Waals surface area contributed by atoms with Gasteiger partial charge < -0.3 is 0 Å². The summed E-state index contributed by atoms with van der Waals surface area (Å²) in [7, 11) is 0. The van der Waals surface area contributed by atoms with Crippen molar-refractivity contribution in [1.82, 2.24) is 0 Å². The molecule has 0 heterocycles. The van der Waals surface area contributed by atoms with Crippen LogP contribution >= 0.6 is 15.9 Å². The van der Waals surface area contributed by atoms with Crippen LogP contribution in [0.2, 0.25) is 0 Å². The lowest BCUT2D eigenvalue weighted by Gasteiger charge is -1.95. The van der Waals surface area contributed by atoms with E-state index in [2.05, 4.69) is 27.8 Å². The average Bonchev–Trinajstić information content (AvgIpc) is 2.10. The third-order valence-corrected chi connectivity index (χ3v) is 2.16. The number of carbonyl (C=O) groups excluding carboxylic acids is 1. The molecule has 0 aliphatic heterocycles. The van der Waals surface area contributed by atoms with Gasteiger partial charge in [0.2, 0.25) is 0 Å². The smallest absolute Gasteiger partial charge is 0.192 e. The van der Waals surface area contributed by atoms with Gasteiger partial charge in [-0.25, -0.2) is 0 Å². The molecule has 0 amide bonds. The fourth-order valence-electron chi connectivity index (χ4n) is 0.952. The van der Waals surface area contributed by atoms with Gasteiger partial charge in [-0.05, 0) is 18.8 Å². The minimum absolute atomic E-state index is 0.658. The van der Waals surface area contributed by atoms with Crippen molar-refractivity contribution in [2.45, 2.75) is 38.5 Å². The molecule has 68 valence electrons. The highest BCUT2D eigenvalue weighted by Crippen LogP contribution is 2.05. The fraction of sp³-hybridized carbons (Fsp3) is 0.700. The maximum absolute atomic E-state index is 9.80. The monoisotopic (exact) mass is 230 g/mol. The topological polar surface area (TPSA) is 17.1 Å². The van der Waals surface area contributed by atoms with Crippen LogP contribution in [0.25, 0.3) is 0 Å².